The Morgan fingerprint density at radius 3 is 2.81 bits per heavy atom. The molecule has 0 amide bonds. The lowest BCUT2D eigenvalue weighted by molar-refractivity contribution is 0.451. The molecule has 0 fully saturated rings. The summed E-state index contributed by atoms with van der Waals surface area (Å²) in [7, 11) is 0. The van der Waals surface area contributed by atoms with Crippen molar-refractivity contribution in [1.82, 2.24) is 5.32 Å². The second-order valence-electron chi connectivity index (χ2n) is 4.01. The van der Waals surface area contributed by atoms with Gasteiger partial charge < -0.3 is 5.32 Å². The van der Waals surface area contributed by atoms with Crippen LogP contribution in [0.5, 0.6) is 0 Å². The molecule has 1 aromatic rings. The van der Waals surface area contributed by atoms with Gasteiger partial charge in [0.25, 0.3) is 0 Å². The van der Waals surface area contributed by atoms with Crippen molar-refractivity contribution in [2.24, 2.45) is 5.92 Å². The van der Waals surface area contributed by atoms with Gasteiger partial charge in [-0.3, -0.25) is 0 Å². The van der Waals surface area contributed by atoms with Gasteiger partial charge in [-0.05, 0) is 36.6 Å². The smallest absolute Gasteiger partial charge is 0.0409 e. The number of benzene rings is 1. The van der Waals surface area contributed by atoms with Crippen molar-refractivity contribution >= 4 is 23.2 Å². The summed E-state index contributed by atoms with van der Waals surface area (Å²) in [6, 6.07) is 7.96. The van der Waals surface area contributed by atoms with Crippen LogP contribution in [0.25, 0.3) is 0 Å². The summed E-state index contributed by atoms with van der Waals surface area (Å²) in [5.41, 5.74) is 1.23. The highest BCUT2D eigenvalue weighted by Crippen LogP contribution is 2.11. The quantitative estimate of drug-likeness (QED) is 0.728. The van der Waals surface area contributed by atoms with Gasteiger partial charge in [-0.15, -0.1) is 11.6 Å². The lowest BCUT2D eigenvalue weighted by Gasteiger charge is -2.14. The lowest BCUT2D eigenvalue weighted by atomic mass is 10.0. The van der Waals surface area contributed by atoms with E-state index in [1.807, 2.05) is 18.2 Å². The number of hydrogen-bond acceptors (Lipinski definition) is 1. The van der Waals surface area contributed by atoms with Gasteiger partial charge in [0.15, 0.2) is 0 Å². The van der Waals surface area contributed by atoms with Gasteiger partial charge in [-0.1, -0.05) is 37.1 Å². The monoisotopic (exact) mass is 259 g/mol. The van der Waals surface area contributed by atoms with Crippen LogP contribution in [0.4, 0.5) is 0 Å². The summed E-state index contributed by atoms with van der Waals surface area (Å²) >= 11 is 11.7. The number of halogens is 2. The average molecular weight is 260 g/mol. The first-order chi connectivity index (χ1) is 7.76. The molecule has 0 aliphatic heterocycles. The third kappa shape index (κ3) is 5.20. The van der Waals surface area contributed by atoms with Crippen LogP contribution in [0.2, 0.25) is 5.02 Å². The maximum absolute atomic E-state index is 5.92. The standard InChI is InChI=1S/C13H19Cl2N/c1-2-11(6-7-14)9-16-10-12-4-3-5-13(15)8-12/h3-5,8,11,16H,2,6-7,9-10H2,1H3. The molecule has 0 spiro atoms. The van der Waals surface area contributed by atoms with E-state index in [1.165, 1.54) is 12.0 Å². The van der Waals surface area contributed by atoms with Crippen molar-refractivity contribution in [3.05, 3.63) is 34.9 Å². The van der Waals surface area contributed by atoms with Crippen LogP contribution in [0.15, 0.2) is 24.3 Å². The van der Waals surface area contributed by atoms with Gasteiger partial charge in [0.05, 0.1) is 0 Å². The molecule has 0 aliphatic rings. The molecule has 0 saturated heterocycles. The number of hydrogen-bond donors (Lipinski definition) is 1. The van der Waals surface area contributed by atoms with E-state index in [0.717, 1.165) is 30.4 Å². The van der Waals surface area contributed by atoms with E-state index < -0.39 is 0 Å². The maximum atomic E-state index is 5.92. The lowest BCUT2D eigenvalue weighted by Crippen LogP contribution is -2.22. The summed E-state index contributed by atoms with van der Waals surface area (Å²) in [5.74, 6) is 1.42. The minimum Gasteiger partial charge on any atom is -0.312 e. The average Bonchev–Trinajstić information content (AvgIpc) is 2.28. The predicted molar refractivity (Wildman–Crippen MR) is 72.3 cm³/mol. The van der Waals surface area contributed by atoms with Gasteiger partial charge in [0, 0.05) is 17.4 Å². The highest BCUT2D eigenvalue weighted by atomic mass is 35.5. The Morgan fingerprint density at radius 1 is 1.38 bits per heavy atom. The Hall–Kier alpha value is -0.240. The van der Waals surface area contributed by atoms with Crippen molar-refractivity contribution in [2.75, 3.05) is 12.4 Å². The second kappa shape index (κ2) is 7.94. The predicted octanol–water partition coefficient (Wildman–Crippen LogP) is 4.08. The largest absolute Gasteiger partial charge is 0.312 e. The molecule has 1 rings (SSSR count). The van der Waals surface area contributed by atoms with Crippen LogP contribution in [0.1, 0.15) is 25.3 Å². The molecule has 0 aromatic heterocycles. The molecular formula is C13H19Cl2N. The van der Waals surface area contributed by atoms with Crippen LogP contribution in [-0.4, -0.2) is 12.4 Å². The summed E-state index contributed by atoms with van der Waals surface area (Å²) in [5, 5.41) is 4.25. The van der Waals surface area contributed by atoms with Gasteiger partial charge >= 0.3 is 0 Å². The zero-order valence-electron chi connectivity index (χ0n) is 9.68. The summed E-state index contributed by atoms with van der Waals surface area (Å²) in [4.78, 5) is 0. The molecule has 90 valence electrons. The first-order valence-electron chi connectivity index (χ1n) is 5.77. The topological polar surface area (TPSA) is 12.0 Å². The normalized spacial score (nSPS) is 12.7. The molecule has 1 atom stereocenters. The fourth-order valence-electron chi connectivity index (χ4n) is 1.67. The first kappa shape index (κ1) is 13.8. The zero-order valence-corrected chi connectivity index (χ0v) is 11.2. The Balaban J connectivity index is 2.29. The van der Waals surface area contributed by atoms with E-state index in [2.05, 4.69) is 18.3 Å². The van der Waals surface area contributed by atoms with Crippen LogP contribution < -0.4 is 5.32 Å². The molecule has 1 unspecified atom stereocenters. The Kier molecular flexibility index (Phi) is 6.86. The van der Waals surface area contributed by atoms with Crippen LogP contribution in [-0.2, 0) is 6.54 Å². The number of alkyl halides is 1. The van der Waals surface area contributed by atoms with Crippen LogP contribution in [0, 0.1) is 5.92 Å². The van der Waals surface area contributed by atoms with Gasteiger partial charge in [0.2, 0.25) is 0 Å². The summed E-state index contributed by atoms with van der Waals surface area (Å²) < 4.78 is 0. The SMILES string of the molecule is CCC(CCCl)CNCc1cccc(Cl)c1. The molecule has 3 heteroatoms. The molecule has 1 N–H and O–H groups in total. The molecule has 0 bridgehead atoms. The zero-order chi connectivity index (χ0) is 11.8. The minimum atomic E-state index is 0.677. The van der Waals surface area contributed by atoms with E-state index in [4.69, 9.17) is 23.2 Å². The third-order valence-electron chi connectivity index (χ3n) is 2.75. The summed E-state index contributed by atoms with van der Waals surface area (Å²) in [6.45, 7) is 4.10. The molecule has 1 aromatic carbocycles. The second-order valence-corrected chi connectivity index (χ2v) is 4.83. The molecular weight excluding hydrogens is 241 g/mol. The van der Waals surface area contributed by atoms with Crippen molar-refractivity contribution in [3.63, 3.8) is 0 Å². The minimum absolute atomic E-state index is 0.677. The van der Waals surface area contributed by atoms with Crippen molar-refractivity contribution in [2.45, 2.75) is 26.3 Å². The molecule has 16 heavy (non-hydrogen) atoms. The molecule has 0 radical (unpaired) electrons. The Labute approximate surface area is 108 Å². The number of rotatable bonds is 7. The van der Waals surface area contributed by atoms with E-state index in [0.29, 0.717) is 5.92 Å². The summed E-state index contributed by atoms with van der Waals surface area (Å²) in [6.07, 6.45) is 2.26. The maximum Gasteiger partial charge on any atom is 0.0409 e. The fraction of sp³-hybridized carbons (Fsp3) is 0.538. The van der Waals surface area contributed by atoms with E-state index in [9.17, 15) is 0 Å². The molecule has 0 aliphatic carbocycles. The van der Waals surface area contributed by atoms with E-state index in [1.54, 1.807) is 0 Å². The van der Waals surface area contributed by atoms with Gasteiger partial charge in [-0.25, -0.2) is 0 Å². The first-order valence-corrected chi connectivity index (χ1v) is 6.68. The number of nitrogens with one attached hydrogen (secondary N) is 1. The highest BCUT2D eigenvalue weighted by molar-refractivity contribution is 6.30. The van der Waals surface area contributed by atoms with Crippen molar-refractivity contribution < 1.29 is 0 Å². The van der Waals surface area contributed by atoms with E-state index in [-0.39, 0.29) is 0 Å². The van der Waals surface area contributed by atoms with E-state index >= 15 is 0 Å². The molecule has 0 saturated carbocycles. The molecule has 1 nitrogen and oxygen atoms in total. The fourth-order valence-corrected chi connectivity index (χ4v) is 2.19. The van der Waals surface area contributed by atoms with Crippen molar-refractivity contribution in [3.8, 4) is 0 Å². The van der Waals surface area contributed by atoms with Gasteiger partial charge in [-0.2, -0.15) is 0 Å². The Bertz CT molecular complexity index is 302. The van der Waals surface area contributed by atoms with Crippen molar-refractivity contribution in [1.29, 1.82) is 0 Å². The third-order valence-corrected chi connectivity index (χ3v) is 3.20. The van der Waals surface area contributed by atoms with Crippen LogP contribution >= 0.6 is 23.2 Å². The van der Waals surface area contributed by atoms with Gasteiger partial charge in [0.1, 0.15) is 0 Å². The molecule has 0 heterocycles. The van der Waals surface area contributed by atoms with Crippen LogP contribution in [0.3, 0.4) is 0 Å². The Morgan fingerprint density at radius 2 is 2.19 bits per heavy atom. The highest BCUT2D eigenvalue weighted by Gasteiger charge is 2.04.